The lowest BCUT2D eigenvalue weighted by molar-refractivity contribution is 1.03. The van der Waals surface area contributed by atoms with E-state index in [9.17, 15) is 0 Å². The summed E-state index contributed by atoms with van der Waals surface area (Å²) in [5.41, 5.74) is 6.07. The molecule has 1 heterocycles. The van der Waals surface area contributed by atoms with Gasteiger partial charge in [-0.3, -0.25) is 4.98 Å². The van der Waals surface area contributed by atoms with Crippen LogP contribution in [0.5, 0.6) is 0 Å². The maximum Gasteiger partial charge on any atom is 0.0401 e. The summed E-state index contributed by atoms with van der Waals surface area (Å²) in [5, 5.41) is 0. The van der Waals surface area contributed by atoms with Gasteiger partial charge in [0.1, 0.15) is 0 Å². The molecule has 0 aromatic carbocycles. The van der Waals surface area contributed by atoms with E-state index in [1.54, 1.807) is 0 Å². The summed E-state index contributed by atoms with van der Waals surface area (Å²) in [5.74, 6) is 0. The number of aryl methyl sites for hydroxylation is 1. The van der Waals surface area contributed by atoms with Crippen molar-refractivity contribution in [2.24, 2.45) is 0 Å². The monoisotopic (exact) mass is 251 g/mol. The van der Waals surface area contributed by atoms with E-state index in [4.69, 9.17) is 0 Å². The van der Waals surface area contributed by atoms with Gasteiger partial charge >= 0.3 is 0 Å². The van der Waals surface area contributed by atoms with Gasteiger partial charge < -0.3 is 0 Å². The summed E-state index contributed by atoms with van der Waals surface area (Å²) in [7, 11) is 0. The maximum atomic E-state index is 4.44. The minimum atomic E-state index is 0.889. The molecule has 1 heteroatoms. The van der Waals surface area contributed by atoms with Crippen molar-refractivity contribution in [3.8, 4) is 0 Å². The van der Waals surface area contributed by atoms with Crippen LogP contribution in [0, 0.1) is 0 Å². The van der Waals surface area contributed by atoms with Gasteiger partial charge in [-0.1, -0.05) is 43.9 Å². The van der Waals surface area contributed by atoms with Crippen LogP contribution in [-0.4, -0.2) is 4.98 Å². The Balaban J connectivity index is 2.14. The van der Waals surface area contributed by atoms with Gasteiger partial charge in [-0.2, -0.15) is 0 Å². The molecule has 19 heavy (non-hydrogen) atoms. The van der Waals surface area contributed by atoms with Crippen LogP contribution in [0.2, 0.25) is 0 Å². The summed E-state index contributed by atoms with van der Waals surface area (Å²) >= 11 is 0. The van der Waals surface area contributed by atoms with Crippen molar-refractivity contribution >= 4 is 5.57 Å². The highest BCUT2D eigenvalue weighted by molar-refractivity contribution is 5.66. The highest BCUT2D eigenvalue weighted by Crippen LogP contribution is 2.25. The molecular weight excluding hydrogens is 230 g/mol. The van der Waals surface area contributed by atoms with Gasteiger partial charge in [0, 0.05) is 11.9 Å². The first-order valence-electron chi connectivity index (χ1n) is 6.86. The van der Waals surface area contributed by atoms with E-state index >= 15 is 0 Å². The van der Waals surface area contributed by atoms with E-state index < -0.39 is 0 Å². The maximum absolute atomic E-state index is 4.44. The number of nitrogens with zero attached hydrogens (tertiary/aromatic N) is 1. The molecule has 1 aliphatic rings. The Morgan fingerprint density at radius 3 is 2.74 bits per heavy atom. The summed E-state index contributed by atoms with van der Waals surface area (Å²) in [4.78, 5) is 4.44. The van der Waals surface area contributed by atoms with Crippen molar-refractivity contribution in [3.63, 3.8) is 0 Å². The van der Waals surface area contributed by atoms with Crippen molar-refractivity contribution in [2.75, 3.05) is 0 Å². The van der Waals surface area contributed by atoms with Crippen LogP contribution >= 0.6 is 0 Å². The van der Waals surface area contributed by atoms with Crippen molar-refractivity contribution in [1.29, 1.82) is 0 Å². The molecule has 0 N–H and O–H groups in total. The van der Waals surface area contributed by atoms with E-state index in [1.807, 2.05) is 6.20 Å². The molecule has 0 unspecified atom stereocenters. The molecule has 0 amide bonds. The lowest BCUT2D eigenvalue weighted by Gasteiger charge is -2.09. The number of pyridine rings is 1. The first-order valence-corrected chi connectivity index (χ1v) is 6.86. The predicted octanol–water partition coefficient (Wildman–Crippen LogP) is 4.88. The molecule has 0 spiro atoms. The van der Waals surface area contributed by atoms with Crippen molar-refractivity contribution in [3.05, 3.63) is 71.6 Å². The number of hydrogen-bond acceptors (Lipinski definition) is 1. The summed E-state index contributed by atoms with van der Waals surface area (Å²) in [6.07, 6.45) is 13.6. The van der Waals surface area contributed by atoms with Crippen LogP contribution in [0.3, 0.4) is 0 Å². The molecule has 98 valence electrons. The largest absolute Gasteiger partial charge is 0.261 e. The molecule has 0 atom stereocenters. The minimum Gasteiger partial charge on any atom is -0.261 e. The standard InChI is InChI=1S/C18H21N/c1-4-18-11-10-17(13-19-18)15(3)12-16-9-7-5-6-8-14(16)2/h6-11,13H,3-5,12H2,1-2H3. The Kier molecular flexibility index (Phi) is 4.51. The zero-order chi connectivity index (χ0) is 13.7. The first-order chi connectivity index (χ1) is 9.20. The molecule has 1 aromatic rings. The Hall–Kier alpha value is -1.89. The molecule has 1 aliphatic carbocycles. The first kappa shape index (κ1) is 13.5. The number of aromatic nitrogens is 1. The quantitative estimate of drug-likeness (QED) is 0.743. The Bertz CT molecular complexity index is 542. The second-order valence-corrected chi connectivity index (χ2v) is 4.92. The predicted molar refractivity (Wildman–Crippen MR) is 82.9 cm³/mol. The summed E-state index contributed by atoms with van der Waals surface area (Å²) < 4.78 is 0. The smallest absolute Gasteiger partial charge is 0.0401 e. The fourth-order valence-corrected chi connectivity index (χ4v) is 2.15. The summed E-state index contributed by atoms with van der Waals surface area (Å²) in [6, 6.07) is 4.21. The van der Waals surface area contributed by atoms with E-state index in [0.29, 0.717) is 0 Å². The van der Waals surface area contributed by atoms with E-state index in [1.165, 1.54) is 11.1 Å². The zero-order valence-corrected chi connectivity index (χ0v) is 11.8. The van der Waals surface area contributed by atoms with Gasteiger partial charge in [-0.15, -0.1) is 0 Å². The molecule has 0 aliphatic heterocycles. The molecule has 0 bridgehead atoms. The van der Waals surface area contributed by atoms with Crippen molar-refractivity contribution in [2.45, 2.75) is 33.1 Å². The normalized spacial score (nSPS) is 14.6. The number of allylic oxidation sites excluding steroid dienone is 7. The highest BCUT2D eigenvalue weighted by atomic mass is 14.7. The molecular formula is C18H21N. The number of rotatable bonds is 4. The molecule has 1 aromatic heterocycles. The van der Waals surface area contributed by atoms with Gasteiger partial charge in [0.15, 0.2) is 0 Å². The van der Waals surface area contributed by atoms with Crippen LogP contribution in [0.1, 0.15) is 37.9 Å². The van der Waals surface area contributed by atoms with Crippen molar-refractivity contribution in [1.82, 2.24) is 4.98 Å². The van der Waals surface area contributed by atoms with Crippen molar-refractivity contribution < 1.29 is 0 Å². The second-order valence-electron chi connectivity index (χ2n) is 4.92. The SMILES string of the molecule is C=C(CC1=C(C)C=CCC=C1)c1ccc(CC)nc1. The topological polar surface area (TPSA) is 12.9 Å². The molecule has 0 fully saturated rings. The number of hydrogen-bond donors (Lipinski definition) is 0. The van der Waals surface area contributed by atoms with Gasteiger partial charge in [0.05, 0.1) is 0 Å². The Morgan fingerprint density at radius 2 is 2.05 bits per heavy atom. The summed E-state index contributed by atoms with van der Waals surface area (Å²) in [6.45, 7) is 8.49. The average Bonchev–Trinajstić information content (AvgIpc) is 2.64. The second kappa shape index (κ2) is 6.33. The van der Waals surface area contributed by atoms with E-state index in [2.05, 4.69) is 61.8 Å². The minimum absolute atomic E-state index is 0.889. The van der Waals surface area contributed by atoms with Crippen LogP contribution < -0.4 is 0 Å². The Labute approximate surface area is 116 Å². The van der Waals surface area contributed by atoms with E-state index in [-0.39, 0.29) is 0 Å². The third-order valence-electron chi connectivity index (χ3n) is 3.46. The average molecular weight is 251 g/mol. The van der Waals surface area contributed by atoms with Crippen LogP contribution in [0.4, 0.5) is 0 Å². The molecule has 2 rings (SSSR count). The van der Waals surface area contributed by atoms with Crippen LogP contribution in [0.15, 0.2) is 60.4 Å². The third-order valence-corrected chi connectivity index (χ3v) is 3.46. The molecule has 0 saturated heterocycles. The lowest BCUT2D eigenvalue weighted by atomic mass is 9.97. The fraction of sp³-hybridized carbons (Fsp3) is 0.278. The van der Waals surface area contributed by atoms with Gasteiger partial charge in [-0.05, 0) is 54.5 Å². The fourth-order valence-electron chi connectivity index (χ4n) is 2.15. The van der Waals surface area contributed by atoms with Crippen LogP contribution in [0.25, 0.3) is 5.57 Å². The van der Waals surface area contributed by atoms with E-state index in [0.717, 1.165) is 36.1 Å². The highest BCUT2D eigenvalue weighted by Gasteiger charge is 2.05. The zero-order valence-electron chi connectivity index (χ0n) is 11.8. The molecule has 0 radical (unpaired) electrons. The van der Waals surface area contributed by atoms with Crippen LogP contribution in [-0.2, 0) is 6.42 Å². The molecule has 0 saturated carbocycles. The lowest BCUT2D eigenvalue weighted by Crippen LogP contribution is -1.92. The van der Waals surface area contributed by atoms with Gasteiger partial charge in [-0.25, -0.2) is 0 Å². The van der Waals surface area contributed by atoms with Gasteiger partial charge in [0.25, 0.3) is 0 Å². The van der Waals surface area contributed by atoms with Gasteiger partial charge in [0.2, 0.25) is 0 Å². The third kappa shape index (κ3) is 3.54. The Morgan fingerprint density at radius 1 is 1.26 bits per heavy atom. The molecule has 1 nitrogen and oxygen atoms in total.